The maximum atomic E-state index is 12.7. The van der Waals surface area contributed by atoms with Crippen molar-refractivity contribution in [3.63, 3.8) is 0 Å². The number of fused-ring (bicyclic) bond motifs is 1. The van der Waals surface area contributed by atoms with E-state index in [1.165, 1.54) is 0 Å². The summed E-state index contributed by atoms with van der Waals surface area (Å²) in [5.74, 6) is 1.16. The molecule has 30 heavy (non-hydrogen) atoms. The van der Waals surface area contributed by atoms with Gasteiger partial charge in [0, 0.05) is 24.7 Å². The third-order valence-electron chi connectivity index (χ3n) is 4.38. The molecule has 4 N–H and O–H groups in total. The number of nitrogens with one attached hydrogen (secondary N) is 2. The van der Waals surface area contributed by atoms with Crippen molar-refractivity contribution < 1.29 is 13.2 Å². The maximum absolute atomic E-state index is 12.7. The van der Waals surface area contributed by atoms with E-state index in [9.17, 15) is 13.2 Å². The van der Waals surface area contributed by atoms with Crippen LogP contribution in [0, 0.1) is 0 Å². The van der Waals surface area contributed by atoms with Gasteiger partial charge in [-0.25, -0.2) is 9.97 Å². The van der Waals surface area contributed by atoms with Crippen molar-refractivity contribution in [1.82, 2.24) is 25.1 Å². The van der Waals surface area contributed by atoms with Crippen molar-refractivity contribution in [2.45, 2.75) is 12.6 Å². The Morgan fingerprint density at radius 3 is 2.60 bits per heavy atom. The van der Waals surface area contributed by atoms with Crippen LogP contribution in [0.4, 0.5) is 24.8 Å². The minimum Gasteiger partial charge on any atom is -0.383 e. The summed E-state index contributed by atoms with van der Waals surface area (Å²) in [7, 11) is 0. The van der Waals surface area contributed by atoms with Crippen LogP contribution in [0.25, 0.3) is 22.4 Å². The fourth-order valence-corrected chi connectivity index (χ4v) is 3.17. The minimum absolute atomic E-state index is 0.0474. The molecule has 4 aromatic rings. The molecule has 0 bridgehead atoms. The number of halogens is 4. The van der Waals surface area contributed by atoms with Crippen LogP contribution in [-0.2, 0) is 12.6 Å². The predicted octanol–water partition coefficient (Wildman–Crippen LogP) is 4.32. The number of rotatable bonds is 5. The Hall–Kier alpha value is -3.40. The van der Waals surface area contributed by atoms with Gasteiger partial charge in [0.15, 0.2) is 17.3 Å². The molecular weight excluding hydrogens is 419 g/mol. The number of hydrogen-bond donors (Lipinski definition) is 3. The molecule has 7 nitrogen and oxygen atoms in total. The Labute approximate surface area is 173 Å². The van der Waals surface area contributed by atoms with Crippen molar-refractivity contribution in [1.29, 1.82) is 0 Å². The number of nitrogens with zero attached hydrogens (tertiary/aromatic N) is 4. The van der Waals surface area contributed by atoms with E-state index in [-0.39, 0.29) is 17.3 Å². The highest BCUT2D eigenvalue weighted by atomic mass is 35.5. The van der Waals surface area contributed by atoms with Crippen LogP contribution in [0.5, 0.6) is 0 Å². The van der Waals surface area contributed by atoms with Crippen LogP contribution in [0.15, 0.2) is 42.6 Å². The highest BCUT2D eigenvalue weighted by Crippen LogP contribution is 2.31. The number of pyridine rings is 1. The van der Waals surface area contributed by atoms with Crippen LogP contribution in [0.1, 0.15) is 11.3 Å². The molecule has 0 unspecified atom stereocenters. The summed E-state index contributed by atoms with van der Waals surface area (Å²) in [5.41, 5.74) is 6.85. The monoisotopic (exact) mass is 433 g/mol. The fourth-order valence-electron chi connectivity index (χ4n) is 2.91. The molecular formula is C19H15ClF3N7. The SMILES string of the molecule is Nc1nc(-c2ccccc2)nc2[nH]nc(NCCc3ncc(C(F)(F)F)cc3Cl)c12. The molecule has 3 aromatic heterocycles. The van der Waals surface area contributed by atoms with E-state index in [0.29, 0.717) is 34.9 Å². The summed E-state index contributed by atoms with van der Waals surface area (Å²) in [6.45, 7) is 0.317. The number of H-pyrrole nitrogens is 1. The Morgan fingerprint density at radius 2 is 1.90 bits per heavy atom. The number of nitrogens with two attached hydrogens (primary N) is 1. The van der Waals surface area contributed by atoms with Crippen LogP contribution < -0.4 is 11.1 Å². The normalized spacial score (nSPS) is 11.7. The molecule has 0 amide bonds. The van der Waals surface area contributed by atoms with Gasteiger partial charge in [0.1, 0.15) is 11.2 Å². The lowest BCUT2D eigenvalue weighted by Gasteiger charge is -2.09. The molecule has 0 aliphatic carbocycles. The van der Waals surface area contributed by atoms with Gasteiger partial charge in [-0.05, 0) is 6.07 Å². The van der Waals surface area contributed by atoms with E-state index < -0.39 is 11.7 Å². The molecule has 0 aliphatic rings. The van der Waals surface area contributed by atoms with Crippen molar-refractivity contribution in [2.24, 2.45) is 0 Å². The van der Waals surface area contributed by atoms with Crippen molar-refractivity contribution in [2.75, 3.05) is 17.6 Å². The summed E-state index contributed by atoms with van der Waals surface area (Å²) in [6.07, 6.45) is -3.44. The number of aromatic nitrogens is 5. The second-order valence-corrected chi connectivity index (χ2v) is 6.83. The van der Waals surface area contributed by atoms with Crippen molar-refractivity contribution >= 4 is 34.3 Å². The second kappa shape index (κ2) is 7.79. The van der Waals surface area contributed by atoms with Gasteiger partial charge in [0.2, 0.25) is 0 Å². The lowest BCUT2D eigenvalue weighted by atomic mass is 10.2. The smallest absolute Gasteiger partial charge is 0.383 e. The van der Waals surface area contributed by atoms with E-state index in [1.54, 1.807) is 0 Å². The number of aromatic amines is 1. The van der Waals surface area contributed by atoms with Crippen LogP contribution >= 0.6 is 11.6 Å². The molecule has 0 saturated heterocycles. The number of benzene rings is 1. The van der Waals surface area contributed by atoms with Crippen LogP contribution in [0.2, 0.25) is 5.02 Å². The molecule has 11 heteroatoms. The van der Waals surface area contributed by atoms with E-state index in [1.807, 2.05) is 30.3 Å². The summed E-state index contributed by atoms with van der Waals surface area (Å²) in [6, 6.07) is 10.2. The van der Waals surface area contributed by atoms with E-state index in [2.05, 4.69) is 30.5 Å². The second-order valence-electron chi connectivity index (χ2n) is 6.42. The molecule has 0 atom stereocenters. The topological polar surface area (TPSA) is 105 Å². The molecule has 3 heterocycles. The average Bonchev–Trinajstić information content (AvgIpc) is 3.12. The quantitative estimate of drug-likeness (QED) is 0.433. The zero-order chi connectivity index (χ0) is 21.3. The zero-order valence-corrected chi connectivity index (χ0v) is 16.1. The third kappa shape index (κ3) is 3.99. The Kier molecular flexibility index (Phi) is 5.17. The lowest BCUT2D eigenvalue weighted by molar-refractivity contribution is -0.137. The highest BCUT2D eigenvalue weighted by Gasteiger charge is 2.31. The van der Waals surface area contributed by atoms with Gasteiger partial charge in [0.25, 0.3) is 0 Å². The lowest BCUT2D eigenvalue weighted by Crippen LogP contribution is -2.10. The summed E-state index contributed by atoms with van der Waals surface area (Å²) in [5, 5.41) is 10.5. The summed E-state index contributed by atoms with van der Waals surface area (Å²) >= 11 is 5.94. The summed E-state index contributed by atoms with van der Waals surface area (Å²) < 4.78 is 38.1. The number of alkyl halides is 3. The minimum atomic E-state index is -4.49. The van der Waals surface area contributed by atoms with Crippen LogP contribution in [-0.4, -0.2) is 31.7 Å². The molecule has 4 rings (SSSR count). The van der Waals surface area contributed by atoms with E-state index >= 15 is 0 Å². The first-order chi connectivity index (χ1) is 14.3. The van der Waals surface area contributed by atoms with Crippen molar-refractivity contribution in [3.05, 3.63) is 58.9 Å². The molecule has 0 radical (unpaired) electrons. The fraction of sp³-hybridized carbons (Fsp3) is 0.158. The maximum Gasteiger partial charge on any atom is 0.417 e. The van der Waals surface area contributed by atoms with Gasteiger partial charge in [-0.2, -0.15) is 18.3 Å². The molecule has 154 valence electrons. The first kappa shape index (κ1) is 19.9. The Morgan fingerprint density at radius 1 is 1.13 bits per heavy atom. The number of anilines is 2. The third-order valence-corrected chi connectivity index (χ3v) is 4.71. The zero-order valence-electron chi connectivity index (χ0n) is 15.3. The largest absolute Gasteiger partial charge is 0.417 e. The molecule has 1 aromatic carbocycles. The van der Waals surface area contributed by atoms with Gasteiger partial charge in [-0.3, -0.25) is 10.1 Å². The van der Waals surface area contributed by atoms with Gasteiger partial charge in [-0.15, -0.1) is 0 Å². The van der Waals surface area contributed by atoms with Gasteiger partial charge in [-0.1, -0.05) is 41.9 Å². The number of nitrogen functional groups attached to an aromatic ring is 1. The summed E-state index contributed by atoms with van der Waals surface area (Å²) in [4.78, 5) is 12.6. The highest BCUT2D eigenvalue weighted by molar-refractivity contribution is 6.31. The standard InChI is InChI=1S/C19H15ClF3N7/c20-12-8-11(19(21,22)23)9-26-13(12)6-7-25-17-14-15(24)27-16(28-18(14)30-29-17)10-4-2-1-3-5-10/h1-5,8-9H,6-7H2,(H4,24,25,27,28,29,30). The average molecular weight is 434 g/mol. The molecule has 0 aliphatic heterocycles. The predicted molar refractivity (Wildman–Crippen MR) is 108 cm³/mol. The Balaban J connectivity index is 1.50. The molecule has 0 fully saturated rings. The van der Waals surface area contributed by atoms with Crippen LogP contribution in [0.3, 0.4) is 0 Å². The van der Waals surface area contributed by atoms with Gasteiger partial charge in [0.05, 0.1) is 16.3 Å². The number of hydrogen-bond acceptors (Lipinski definition) is 6. The first-order valence-corrected chi connectivity index (χ1v) is 9.23. The van der Waals surface area contributed by atoms with E-state index in [4.69, 9.17) is 17.3 Å². The van der Waals surface area contributed by atoms with Gasteiger partial charge < -0.3 is 11.1 Å². The Bertz CT molecular complexity index is 1190. The molecule has 0 spiro atoms. The van der Waals surface area contributed by atoms with Crippen molar-refractivity contribution in [3.8, 4) is 11.4 Å². The van der Waals surface area contributed by atoms with E-state index in [0.717, 1.165) is 17.8 Å². The van der Waals surface area contributed by atoms with Gasteiger partial charge >= 0.3 is 6.18 Å². The molecule has 0 saturated carbocycles. The first-order valence-electron chi connectivity index (χ1n) is 8.85.